The summed E-state index contributed by atoms with van der Waals surface area (Å²) < 4.78 is 101. The molecule has 5 N–H and O–H groups in total. The van der Waals surface area contributed by atoms with Crippen molar-refractivity contribution >= 4 is 65.5 Å². The highest BCUT2D eigenvalue weighted by Crippen LogP contribution is 2.48. The van der Waals surface area contributed by atoms with Gasteiger partial charge in [0.1, 0.15) is 18.2 Å². The lowest BCUT2D eigenvalue weighted by atomic mass is 9.70. The molecular formula is C46H61N4O12S3+. The van der Waals surface area contributed by atoms with Gasteiger partial charge < -0.3 is 20.3 Å². The van der Waals surface area contributed by atoms with Crippen LogP contribution in [-0.4, -0.2) is 111 Å². The van der Waals surface area contributed by atoms with Crippen LogP contribution in [0.25, 0.3) is 0 Å². The van der Waals surface area contributed by atoms with Gasteiger partial charge in [-0.1, -0.05) is 74.9 Å². The van der Waals surface area contributed by atoms with Crippen LogP contribution in [-0.2, 0) is 55.6 Å². The molecule has 0 aromatic heterocycles. The smallest absolute Gasteiger partial charge is 0.266 e. The van der Waals surface area contributed by atoms with E-state index in [-0.39, 0.29) is 45.3 Å². The van der Waals surface area contributed by atoms with Crippen LogP contribution in [0.3, 0.4) is 0 Å². The molecule has 0 saturated heterocycles. The Kier molecular flexibility index (Phi) is 16.4. The average Bonchev–Trinajstić information content (AvgIpc) is 3.56. The Balaban J connectivity index is 1.65. The third-order valence-corrected chi connectivity index (χ3v) is 14.6. The number of unbranched alkanes of at least 4 members (excludes halogenated alkanes) is 3. The number of fused-ring (bicyclic) bond motifs is 2. The van der Waals surface area contributed by atoms with Crippen molar-refractivity contribution in [2.75, 3.05) is 48.3 Å². The molecule has 5 rings (SSSR count). The predicted octanol–water partition coefficient (Wildman–Crippen LogP) is 5.37. The maximum atomic E-state index is 14.6. The second-order valence-corrected chi connectivity index (χ2v) is 22.6. The van der Waals surface area contributed by atoms with Gasteiger partial charge in [0.2, 0.25) is 17.5 Å². The predicted molar refractivity (Wildman–Crippen MR) is 250 cm³/mol. The average molecular weight is 958 g/mol. The highest BCUT2D eigenvalue weighted by Gasteiger charge is 2.49. The first-order valence-electron chi connectivity index (χ1n) is 21.7. The number of aldehydes is 1. The molecular weight excluding hydrogens is 897 g/mol. The molecule has 2 amide bonds. The monoisotopic (exact) mass is 957 g/mol. The normalized spacial score (nSPS) is 20.5. The maximum absolute atomic E-state index is 14.6. The number of benzene rings is 2. The van der Waals surface area contributed by atoms with E-state index in [9.17, 15) is 53.3 Å². The van der Waals surface area contributed by atoms with Crippen molar-refractivity contribution in [1.29, 1.82) is 0 Å². The lowest BCUT2D eigenvalue weighted by molar-refractivity contribution is -0.437. The summed E-state index contributed by atoms with van der Waals surface area (Å²) >= 11 is 0. The maximum Gasteiger partial charge on any atom is 0.266 e. The van der Waals surface area contributed by atoms with Gasteiger partial charge in [-0.25, -0.2) is 0 Å². The molecule has 0 saturated carbocycles. The summed E-state index contributed by atoms with van der Waals surface area (Å²) in [6.45, 7) is 8.35. The summed E-state index contributed by atoms with van der Waals surface area (Å²) in [5, 5.41) is 5.50. The van der Waals surface area contributed by atoms with E-state index in [2.05, 4.69) is 10.6 Å². The lowest BCUT2D eigenvalue weighted by Gasteiger charge is -2.35. The van der Waals surface area contributed by atoms with Crippen molar-refractivity contribution in [3.8, 4) is 0 Å². The molecule has 0 fully saturated rings. The van der Waals surface area contributed by atoms with Crippen LogP contribution in [0.1, 0.15) is 90.2 Å². The number of para-hydroxylation sites is 2. The van der Waals surface area contributed by atoms with Gasteiger partial charge in [-0.15, -0.1) is 0 Å². The summed E-state index contributed by atoms with van der Waals surface area (Å²) in [6.07, 6.45) is 12.3. The van der Waals surface area contributed by atoms with E-state index in [4.69, 9.17) is 0 Å². The number of hydrogen-bond donors (Lipinski definition) is 5. The van der Waals surface area contributed by atoms with E-state index >= 15 is 0 Å². The van der Waals surface area contributed by atoms with Crippen LogP contribution in [0.4, 0.5) is 11.4 Å². The van der Waals surface area contributed by atoms with Gasteiger partial charge in [-0.3, -0.25) is 23.2 Å². The first-order valence-corrected chi connectivity index (χ1v) is 26.5. The molecule has 1 unspecified atom stereocenters. The second-order valence-electron chi connectivity index (χ2n) is 17.8. The van der Waals surface area contributed by atoms with Gasteiger partial charge in [0, 0.05) is 67.0 Å². The van der Waals surface area contributed by atoms with E-state index < -0.39 is 82.2 Å². The zero-order chi connectivity index (χ0) is 47.8. The summed E-state index contributed by atoms with van der Waals surface area (Å²) in [5.74, 6) is -3.04. The largest absolute Gasteiger partial charge is 0.355 e. The topological polar surface area (TPSA) is 245 Å². The van der Waals surface area contributed by atoms with Gasteiger partial charge in [0.05, 0.1) is 22.7 Å². The molecule has 65 heavy (non-hydrogen) atoms. The first kappa shape index (κ1) is 51.2. The van der Waals surface area contributed by atoms with Gasteiger partial charge in [0.15, 0.2) is 5.71 Å². The number of allylic oxidation sites excluding steroid dienone is 8. The van der Waals surface area contributed by atoms with Crippen molar-refractivity contribution in [3.05, 3.63) is 107 Å². The van der Waals surface area contributed by atoms with Gasteiger partial charge in [-0.2, -0.15) is 29.8 Å². The molecule has 354 valence electrons. The summed E-state index contributed by atoms with van der Waals surface area (Å²) in [4.78, 5) is 42.0. The Labute approximate surface area is 382 Å². The van der Waals surface area contributed by atoms with Crippen molar-refractivity contribution in [2.24, 2.45) is 5.41 Å². The number of nitrogens with zero attached hydrogens (tertiary/aromatic N) is 2. The number of anilines is 1. The zero-order valence-electron chi connectivity index (χ0n) is 37.3. The van der Waals surface area contributed by atoms with Crippen LogP contribution < -0.4 is 15.5 Å². The number of amides is 2. The number of carbonyl (C=O) groups excluding carboxylic acids is 3. The summed E-state index contributed by atoms with van der Waals surface area (Å²) in [7, 11) is -12.9. The SMILES string of the molecule is CC1(C)C(/C=C/C2=CC(=C/C=C3/N(CCCS(=O)(=O)O)c4ccccc4C3(C)C)/CC(C(=O)NCCCCCC=O)(C(=O)NCCS(=O)(=O)O)C2)=[N+](CCCS(=O)(=O)O)c2ccccc21. The Morgan fingerprint density at radius 2 is 1.32 bits per heavy atom. The molecule has 1 atom stereocenters. The third kappa shape index (κ3) is 13.0. The Morgan fingerprint density at radius 3 is 1.98 bits per heavy atom. The minimum Gasteiger partial charge on any atom is -0.355 e. The number of carbonyl (C=O) groups is 3. The number of nitrogens with one attached hydrogen (secondary N) is 2. The fraction of sp³-hybridized carbons (Fsp3) is 0.478. The number of rotatable bonds is 22. The Bertz CT molecular complexity index is 2650. The van der Waals surface area contributed by atoms with Gasteiger partial charge >= 0.3 is 0 Å². The molecule has 0 radical (unpaired) electrons. The molecule has 0 bridgehead atoms. The van der Waals surface area contributed by atoms with E-state index in [0.29, 0.717) is 36.8 Å². The van der Waals surface area contributed by atoms with Crippen molar-refractivity contribution in [1.82, 2.24) is 10.6 Å². The van der Waals surface area contributed by atoms with E-state index in [0.717, 1.165) is 40.2 Å². The quantitative estimate of drug-likeness (QED) is 0.0328. The molecule has 3 aliphatic rings. The fourth-order valence-electron chi connectivity index (χ4n) is 9.05. The first-order chi connectivity index (χ1) is 30.4. The Hall–Kier alpha value is -4.79. The zero-order valence-corrected chi connectivity index (χ0v) is 39.8. The summed E-state index contributed by atoms with van der Waals surface area (Å²) in [5.41, 5.74) is 3.40. The summed E-state index contributed by atoms with van der Waals surface area (Å²) in [6, 6.07) is 15.4. The third-order valence-electron chi connectivity index (χ3n) is 12.3. The van der Waals surface area contributed by atoms with E-state index in [1.807, 2.05) is 116 Å². The number of hydrogen-bond acceptors (Lipinski definition) is 10. The second kappa shape index (κ2) is 20.8. The minimum absolute atomic E-state index is 0.117. The van der Waals surface area contributed by atoms with Gasteiger partial charge in [0.25, 0.3) is 30.4 Å². The molecule has 19 heteroatoms. The molecule has 2 aromatic rings. The van der Waals surface area contributed by atoms with Crippen LogP contribution in [0.5, 0.6) is 0 Å². The molecule has 2 heterocycles. The van der Waals surface area contributed by atoms with Crippen LogP contribution in [0, 0.1) is 5.41 Å². The van der Waals surface area contributed by atoms with Crippen LogP contribution in [0.15, 0.2) is 95.8 Å². The molecule has 1 aliphatic carbocycles. The lowest BCUT2D eigenvalue weighted by Crippen LogP contribution is -2.53. The molecule has 2 aromatic carbocycles. The van der Waals surface area contributed by atoms with Crippen molar-refractivity contribution in [2.45, 2.75) is 89.9 Å². The van der Waals surface area contributed by atoms with Crippen LogP contribution >= 0.6 is 0 Å². The minimum atomic E-state index is -4.47. The highest BCUT2D eigenvalue weighted by molar-refractivity contribution is 7.86. The van der Waals surface area contributed by atoms with Crippen molar-refractivity contribution in [3.63, 3.8) is 0 Å². The molecule has 0 spiro atoms. The standard InChI is InChI=1S/C46H60N4O12S3/c1-44(2)36-15-7-9-17-38(36)49(25-13-28-63(54,55)56)40(44)21-19-34-31-35(20-22-41-45(3,4)37-16-8-10-18-39(37)50(41)26-14-29-64(57,58)59)33-46(32-34,43(53)48-24-30-65(60,61)62)42(52)47-23-11-5-6-12-27-51/h7-10,15-22,27,31H,5-6,11-14,23-26,28-30,32-33H2,1-4H3,(H4-,47,48,52,53,54,55,56,57,58,59,60,61,62)/p+1. The van der Waals surface area contributed by atoms with E-state index in [1.165, 1.54) is 0 Å². The van der Waals surface area contributed by atoms with Gasteiger partial charge in [-0.05, 0) is 74.8 Å². The highest BCUT2D eigenvalue weighted by atomic mass is 32.2. The van der Waals surface area contributed by atoms with Crippen LogP contribution in [0.2, 0.25) is 0 Å². The van der Waals surface area contributed by atoms with Crippen molar-refractivity contribution < 1.29 is 57.9 Å². The van der Waals surface area contributed by atoms with E-state index in [1.54, 1.807) is 0 Å². The Morgan fingerprint density at radius 1 is 0.708 bits per heavy atom. The molecule has 16 nitrogen and oxygen atoms in total. The fourth-order valence-corrected chi connectivity index (χ4v) is 10.4. The molecule has 2 aliphatic heterocycles.